The first kappa shape index (κ1) is 12.3. The second-order valence-corrected chi connectivity index (χ2v) is 5.46. The summed E-state index contributed by atoms with van der Waals surface area (Å²) in [6, 6.07) is -0.162. The summed E-state index contributed by atoms with van der Waals surface area (Å²) in [5, 5.41) is 2.83. The molecule has 0 aromatic heterocycles. The maximum absolute atomic E-state index is 13.7. The zero-order valence-corrected chi connectivity index (χ0v) is 10.3. The molecule has 17 heavy (non-hydrogen) atoms. The van der Waals surface area contributed by atoms with E-state index in [1.165, 1.54) is 18.9 Å². The maximum Gasteiger partial charge on any atom is 0.207 e. The Hall–Kier alpha value is -1.12. The molecule has 0 heterocycles. The van der Waals surface area contributed by atoms with Gasteiger partial charge in [-0.25, -0.2) is 4.39 Å². The molecule has 0 spiro atoms. The zero-order valence-electron chi connectivity index (χ0n) is 10.3. The molecule has 94 valence electrons. The monoisotopic (exact) mass is 237 g/mol. The van der Waals surface area contributed by atoms with E-state index < -0.39 is 0 Å². The number of rotatable bonds is 5. The van der Waals surface area contributed by atoms with Gasteiger partial charge in [-0.1, -0.05) is 6.58 Å². The van der Waals surface area contributed by atoms with Crippen molar-refractivity contribution < 1.29 is 9.18 Å². The summed E-state index contributed by atoms with van der Waals surface area (Å²) in [6.07, 6.45) is 7.70. The molecule has 1 unspecified atom stereocenters. The molecule has 0 radical (unpaired) electrons. The minimum Gasteiger partial charge on any atom is -0.352 e. The van der Waals surface area contributed by atoms with Crippen LogP contribution in [0.15, 0.2) is 24.1 Å². The number of halogens is 1. The fourth-order valence-corrected chi connectivity index (χ4v) is 3.77. The number of carbonyl (C=O) groups is 1. The van der Waals surface area contributed by atoms with E-state index in [0.717, 1.165) is 25.2 Å². The van der Waals surface area contributed by atoms with E-state index in [-0.39, 0.29) is 17.3 Å². The number of hydrogen-bond donors (Lipinski definition) is 1. The van der Waals surface area contributed by atoms with Crippen molar-refractivity contribution in [2.75, 3.05) is 0 Å². The van der Waals surface area contributed by atoms with Crippen LogP contribution in [-0.2, 0) is 4.79 Å². The molecule has 2 aliphatic carbocycles. The minimum absolute atomic E-state index is 0.0933. The molecule has 1 amide bonds. The molecule has 2 nitrogen and oxygen atoms in total. The quantitative estimate of drug-likeness (QED) is 0.577. The lowest BCUT2D eigenvalue weighted by Gasteiger charge is -2.36. The number of allylic oxidation sites excluding steroid dienone is 2. The molecule has 2 aliphatic rings. The van der Waals surface area contributed by atoms with E-state index in [2.05, 4.69) is 11.9 Å². The molecule has 0 saturated heterocycles. The molecule has 0 aliphatic heterocycles. The predicted octanol–water partition coefficient (Wildman–Crippen LogP) is 3.11. The van der Waals surface area contributed by atoms with Gasteiger partial charge in [0.1, 0.15) is 5.83 Å². The Morgan fingerprint density at radius 3 is 2.59 bits per heavy atom. The van der Waals surface area contributed by atoms with Gasteiger partial charge in [0, 0.05) is 0 Å². The Kier molecular flexibility index (Phi) is 3.36. The lowest BCUT2D eigenvalue weighted by molar-refractivity contribution is -0.110. The smallest absolute Gasteiger partial charge is 0.207 e. The fourth-order valence-electron chi connectivity index (χ4n) is 3.77. The molecular weight excluding hydrogens is 217 g/mol. The van der Waals surface area contributed by atoms with Crippen molar-refractivity contribution in [2.24, 2.45) is 11.3 Å². The minimum atomic E-state index is -0.297. The van der Waals surface area contributed by atoms with Crippen LogP contribution < -0.4 is 5.32 Å². The van der Waals surface area contributed by atoms with E-state index in [4.69, 9.17) is 0 Å². The largest absolute Gasteiger partial charge is 0.352 e. The first-order chi connectivity index (χ1) is 8.13. The average Bonchev–Trinajstić information content (AvgIpc) is 2.95. The topological polar surface area (TPSA) is 29.1 Å². The van der Waals surface area contributed by atoms with Crippen LogP contribution in [0, 0.1) is 11.3 Å². The van der Waals surface area contributed by atoms with Gasteiger partial charge in [0.05, 0.1) is 6.04 Å². The molecule has 2 bridgehead atoms. The molecule has 2 rings (SSSR count). The lowest BCUT2D eigenvalue weighted by atomic mass is 9.74. The summed E-state index contributed by atoms with van der Waals surface area (Å²) in [5.74, 6) is 0.486. The Balaban J connectivity index is 2.29. The number of hydrogen-bond acceptors (Lipinski definition) is 1. The Labute approximate surface area is 102 Å². The highest BCUT2D eigenvalue weighted by Crippen LogP contribution is 2.57. The van der Waals surface area contributed by atoms with Crippen LogP contribution in [0.1, 0.15) is 39.0 Å². The van der Waals surface area contributed by atoms with Gasteiger partial charge in [-0.05, 0) is 62.0 Å². The van der Waals surface area contributed by atoms with E-state index >= 15 is 0 Å². The first-order valence-electron chi connectivity index (χ1n) is 6.31. The van der Waals surface area contributed by atoms with E-state index in [1.54, 1.807) is 6.92 Å². The van der Waals surface area contributed by atoms with Crippen LogP contribution in [-0.4, -0.2) is 12.5 Å². The second-order valence-electron chi connectivity index (χ2n) is 5.46. The van der Waals surface area contributed by atoms with Crippen LogP contribution in [0.5, 0.6) is 0 Å². The van der Waals surface area contributed by atoms with Gasteiger partial charge in [0.15, 0.2) is 0 Å². The standard InChI is InChI=1S/C14H20FNO/c1-3-12(15)10(2)13(16-9-17)14-6-4-11(8-14)5-7-14/h3,9,11,13H,1,4-8H2,2H3,(H,16,17)/b12-10-. The predicted molar refractivity (Wildman–Crippen MR) is 66.0 cm³/mol. The lowest BCUT2D eigenvalue weighted by Crippen LogP contribution is -2.43. The summed E-state index contributed by atoms with van der Waals surface area (Å²) in [4.78, 5) is 10.8. The van der Waals surface area contributed by atoms with E-state index in [0.29, 0.717) is 12.0 Å². The Morgan fingerprint density at radius 1 is 1.53 bits per heavy atom. The normalized spacial score (nSPS) is 34.1. The van der Waals surface area contributed by atoms with Gasteiger partial charge in [-0.2, -0.15) is 0 Å². The van der Waals surface area contributed by atoms with Gasteiger partial charge in [-0.15, -0.1) is 0 Å². The van der Waals surface area contributed by atoms with Crippen molar-refractivity contribution in [1.29, 1.82) is 0 Å². The molecule has 0 aromatic carbocycles. The number of amides is 1. The third-order valence-corrected chi connectivity index (χ3v) is 4.63. The SMILES string of the molecule is C=C/C(F)=C(\C)C(NC=O)C12CCC(CC1)C2. The van der Waals surface area contributed by atoms with Crippen LogP contribution in [0.4, 0.5) is 4.39 Å². The van der Waals surface area contributed by atoms with Gasteiger partial charge in [-0.3, -0.25) is 4.79 Å². The van der Waals surface area contributed by atoms with Gasteiger partial charge in [0.2, 0.25) is 6.41 Å². The highest BCUT2D eigenvalue weighted by Gasteiger charge is 2.50. The number of carbonyl (C=O) groups excluding carboxylic acids is 1. The number of nitrogens with one attached hydrogen (secondary N) is 1. The summed E-state index contributed by atoms with van der Waals surface area (Å²) in [6.45, 7) is 5.22. The van der Waals surface area contributed by atoms with Crippen molar-refractivity contribution >= 4 is 6.41 Å². The zero-order chi connectivity index (χ0) is 12.5. The summed E-state index contributed by atoms with van der Waals surface area (Å²) < 4.78 is 13.7. The van der Waals surface area contributed by atoms with Crippen LogP contribution in [0.2, 0.25) is 0 Å². The highest BCUT2D eigenvalue weighted by molar-refractivity contribution is 5.49. The van der Waals surface area contributed by atoms with Crippen molar-refractivity contribution in [1.82, 2.24) is 5.32 Å². The van der Waals surface area contributed by atoms with Crippen molar-refractivity contribution in [3.63, 3.8) is 0 Å². The van der Waals surface area contributed by atoms with Crippen LogP contribution in [0.25, 0.3) is 0 Å². The van der Waals surface area contributed by atoms with Crippen molar-refractivity contribution in [3.8, 4) is 0 Å². The second kappa shape index (κ2) is 4.63. The fraction of sp³-hybridized carbons (Fsp3) is 0.643. The molecular formula is C14H20FNO. The maximum atomic E-state index is 13.7. The molecule has 1 N–H and O–H groups in total. The third kappa shape index (κ3) is 2.03. The van der Waals surface area contributed by atoms with Crippen molar-refractivity contribution in [3.05, 3.63) is 24.1 Å². The molecule has 2 saturated carbocycles. The highest BCUT2D eigenvalue weighted by atomic mass is 19.1. The van der Waals surface area contributed by atoms with Crippen molar-refractivity contribution in [2.45, 2.75) is 45.1 Å². The van der Waals surface area contributed by atoms with Crippen LogP contribution >= 0.6 is 0 Å². The third-order valence-electron chi connectivity index (χ3n) is 4.63. The summed E-state index contributed by atoms with van der Waals surface area (Å²) in [5.41, 5.74) is 0.713. The van der Waals surface area contributed by atoms with Gasteiger partial charge < -0.3 is 5.32 Å². The molecule has 3 heteroatoms. The summed E-state index contributed by atoms with van der Waals surface area (Å²) >= 11 is 0. The first-order valence-corrected chi connectivity index (χ1v) is 6.31. The Bertz CT molecular complexity index is 353. The van der Waals surface area contributed by atoms with E-state index in [9.17, 15) is 9.18 Å². The van der Waals surface area contributed by atoms with E-state index in [1.807, 2.05) is 0 Å². The molecule has 1 atom stereocenters. The van der Waals surface area contributed by atoms with Crippen LogP contribution in [0.3, 0.4) is 0 Å². The van der Waals surface area contributed by atoms with Gasteiger partial charge in [0.25, 0.3) is 0 Å². The molecule has 2 fully saturated rings. The molecule has 0 aromatic rings. The Morgan fingerprint density at radius 2 is 2.18 bits per heavy atom. The van der Waals surface area contributed by atoms with Gasteiger partial charge >= 0.3 is 0 Å². The summed E-state index contributed by atoms with van der Waals surface area (Å²) in [7, 11) is 0. The average molecular weight is 237 g/mol. The number of fused-ring (bicyclic) bond motifs is 2.